The van der Waals surface area contributed by atoms with E-state index in [1.165, 1.54) is 6.08 Å². The lowest BCUT2D eigenvalue weighted by Gasteiger charge is -2.04. The summed E-state index contributed by atoms with van der Waals surface area (Å²) in [6.45, 7) is 2.33. The van der Waals surface area contributed by atoms with Gasteiger partial charge in [-0.25, -0.2) is 0 Å². The van der Waals surface area contributed by atoms with Crippen LogP contribution in [-0.2, 0) is 4.79 Å². The second-order valence-corrected chi connectivity index (χ2v) is 5.09. The average Bonchev–Trinajstić information content (AvgIpc) is 2.32. The number of aliphatic hydroxyl groups is 1. The number of rotatable bonds is 6. The first-order valence-corrected chi connectivity index (χ1v) is 6.77. The Morgan fingerprint density at radius 2 is 2.33 bits per heavy atom. The number of nitrogens with one attached hydrogen (secondary N) is 1. The van der Waals surface area contributed by atoms with Crippen molar-refractivity contribution >= 4 is 27.9 Å². The zero-order chi connectivity index (χ0) is 13.4. The SMILES string of the molecule is CC(O)CCCNC(=O)/C=C/c1cccc(Br)c1. The number of hydrogen-bond donors (Lipinski definition) is 2. The van der Waals surface area contributed by atoms with Crippen LogP contribution in [0.4, 0.5) is 0 Å². The molecular weight excluding hydrogens is 294 g/mol. The van der Waals surface area contributed by atoms with Crippen molar-refractivity contribution in [2.45, 2.75) is 25.9 Å². The Morgan fingerprint density at radius 1 is 1.56 bits per heavy atom. The van der Waals surface area contributed by atoms with Gasteiger partial charge in [0.1, 0.15) is 0 Å². The van der Waals surface area contributed by atoms with Gasteiger partial charge in [0, 0.05) is 17.1 Å². The third kappa shape index (κ3) is 6.57. The molecule has 98 valence electrons. The van der Waals surface area contributed by atoms with Gasteiger partial charge in [-0.2, -0.15) is 0 Å². The second kappa shape index (κ2) is 8.06. The number of carbonyl (C=O) groups excluding carboxylic acids is 1. The summed E-state index contributed by atoms with van der Waals surface area (Å²) in [6, 6.07) is 7.73. The van der Waals surface area contributed by atoms with E-state index in [0.29, 0.717) is 13.0 Å². The molecule has 0 radical (unpaired) electrons. The topological polar surface area (TPSA) is 49.3 Å². The van der Waals surface area contributed by atoms with Crippen molar-refractivity contribution < 1.29 is 9.90 Å². The number of hydrogen-bond acceptors (Lipinski definition) is 2. The van der Waals surface area contributed by atoms with Crippen molar-refractivity contribution in [3.63, 3.8) is 0 Å². The van der Waals surface area contributed by atoms with E-state index in [9.17, 15) is 4.79 Å². The Kier molecular flexibility index (Phi) is 6.68. The van der Waals surface area contributed by atoms with Gasteiger partial charge in [0.15, 0.2) is 0 Å². The summed E-state index contributed by atoms with van der Waals surface area (Å²) in [5.41, 5.74) is 0.975. The first-order chi connectivity index (χ1) is 8.58. The van der Waals surface area contributed by atoms with Crippen LogP contribution in [0.5, 0.6) is 0 Å². The van der Waals surface area contributed by atoms with E-state index >= 15 is 0 Å². The summed E-state index contributed by atoms with van der Waals surface area (Å²) >= 11 is 3.38. The summed E-state index contributed by atoms with van der Waals surface area (Å²) in [7, 11) is 0. The molecule has 0 fully saturated rings. The van der Waals surface area contributed by atoms with Gasteiger partial charge < -0.3 is 10.4 Å². The van der Waals surface area contributed by atoms with Gasteiger partial charge in [-0.15, -0.1) is 0 Å². The molecule has 1 unspecified atom stereocenters. The highest BCUT2D eigenvalue weighted by molar-refractivity contribution is 9.10. The number of halogens is 1. The molecule has 1 aromatic carbocycles. The van der Waals surface area contributed by atoms with Crippen LogP contribution in [-0.4, -0.2) is 23.7 Å². The van der Waals surface area contributed by atoms with Crippen LogP contribution in [0, 0.1) is 0 Å². The third-order valence-corrected chi connectivity index (χ3v) is 2.87. The van der Waals surface area contributed by atoms with Crippen LogP contribution in [0.1, 0.15) is 25.3 Å². The monoisotopic (exact) mass is 311 g/mol. The van der Waals surface area contributed by atoms with Crippen molar-refractivity contribution in [2.75, 3.05) is 6.54 Å². The number of aliphatic hydroxyl groups excluding tert-OH is 1. The minimum atomic E-state index is -0.306. The molecule has 2 N–H and O–H groups in total. The highest BCUT2D eigenvalue weighted by Gasteiger charge is 1.97. The molecular formula is C14H18BrNO2. The summed E-state index contributed by atoms with van der Waals surface area (Å²) in [5.74, 6) is -0.111. The zero-order valence-corrected chi connectivity index (χ0v) is 12.0. The Hall–Kier alpha value is -1.13. The van der Waals surface area contributed by atoms with Gasteiger partial charge in [-0.1, -0.05) is 28.1 Å². The summed E-state index contributed by atoms with van der Waals surface area (Å²) in [5, 5.41) is 11.8. The quantitative estimate of drug-likeness (QED) is 0.627. The molecule has 4 heteroatoms. The van der Waals surface area contributed by atoms with E-state index in [4.69, 9.17) is 5.11 Å². The molecule has 0 aliphatic rings. The Labute approximate surface area is 116 Å². The maximum absolute atomic E-state index is 11.5. The maximum atomic E-state index is 11.5. The van der Waals surface area contributed by atoms with Crippen LogP contribution >= 0.6 is 15.9 Å². The molecule has 0 aromatic heterocycles. The van der Waals surface area contributed by atoms with Crippen molar-refractivity contribution in [1.29, 1.82) is 0 Å². The molecule has 0 bridgehead atoms. The van der Waals surface area contributed by atoms with Gasteiger partial charge in [-0.3, -0.25) is 4.79 Å². The first kappa shape index (κ1) is 14.9. The fourth-order valence-corrected chi connectivity index (χ4v) is 1.87. The number of benzene rings is 1. The summed E-state index contributed by atoms with van der Waals surface area (Å²) in [4.78, 5) is 11.5. The highest BCUT2D eigenvalue weighted by atomic mass is 79.9. The average molecular weight is 312 g/mol. The fraction of sp³-hybridized carbons (Fsp3) is 0.357. The molecule has 0 saturated heterocycles. The van der Waals surface area contributed by atoms with Crippen LogP contribution in [0.3, 0.4) is 0 Å². The molecule has 0 heterocycles. The predicted molar refractivity (Wildman–Crippen MR) is 77.1 cm³/mol. The van der Waals surface area contributed by atoms with E-state index in [0.717, 1.165) is 16.5 Å². The third-order valence-electron chi connectivity index (χ3n) is 2.37. The minimum Gasteiger partial charge on any atom is -0.393 e. The Morgan fingerprint density at radius 3 is 3.00 bits per heavy atom. The molecule has 1 aromatic rings. The zero-order valence-electron chi connectivity index (χ0n) is 10.4. The summed E-state index contributed by atoms with van der Waals surface area (Å²) < 4.78 is 0.988. The van der Waals surface area contributed by atoms with Crippen LogP contribution in [0.25, 0.3) is 6.08 Å². The highest BCUT2D eigenvalue weighted by Crippen LogP contribution is 2.12. The van der Waals surface area contributed by atoms with Crippen LogP contribution in [0.2, 0.25) is 0 Å². The van der Waals surface area contributed by atoms with E-state index in [1.807, 2.05) is 24.3 Å². The lowest BCUT2D eigenvalue weighted by atomic mass is 10.2. The van der Waals surface area contributed by atoms with E-state index in [-0.39, 0.29) is 12.0 Å². The molecule has 18 heavy (non-hydrogen) atoms. The van der Waals surface area contributed by atoms with Crippen molar-refractivity contribution in [1.82, 2.24) is 5.32 Å². The lowest BCUT2D eigenvalue weighted by Crippen LogP contribution is -2.22. The van der Waals surface area contributed by atoms with Gasteiger partial charge in [0.05, 0.1) is 6.10 Å². The standard InChI is InChI=1S/C14H18BrNO2/c1-11(17)4-3-9-16-14(18)8-7-12-5-2-6-13(15)10-12/h2,5-8,10-11,17H,3-4,9H2,1H3,(H,16,18)/b8-7+. The van der Waals surface area contributed by atoms with E-state index < -0.39 is 0 Å². The fourth-order valence-electron chi connectivity index (χ4n) is 1.45. The van der Waals surface area contributed by atoms with Crippen molar-refractivity contribution in [3.8, 4) is 0 Å². The molecule has 1 atom stereocenters. The molecule has 0 aliphatic heterocycles. The van der Waals surface area contributed by atoms with Gasteiger partial charge >= 0.3 is 0 Å². The largest absolute Gasteiger partial charge is 0.393 e. The molecule has 0 aliphatic carbocycles. The number of carbonyl (C=O) groups is 1. The molecule has 3 nitrogen and oxygen atoms in total. The molecule has 1 amide bonds. The smallest absolute Gasteiger partial charge is 0.243 e. The number of amides is 1. The normalized spacial score (nSPS) is 12.6. The Balaban J connectivity index is 2.31. The van der Waals surface area contributed by atoms with Gasteiger partial charge in [-0.05, 0) is 43.5 Å². The van der Waals surface area contributed by atoms with Gasteiger partial charge in [0.25, 0.3) is 0 Å². The maximum Gasteiger partial charge on any atom is 0.243 e. The lowest BCUT2D eigenvalue weighted by molar-refractivity contribution is -0.116. The Bertz CT molecular complexity index is 416. The van der Waals surface area contributed by atoms with Crippen molar-refractivity contribution in [2.24, 2.45) is 0 Å². The van der Waals surface area contributed by atoms with Gasteiger partial charge in [0.2, 0.25) is 5.91 Å². The second-order valence-electron chi connectivity index (χ2n) is 4.17. The minimum absolute atomic E-state index is 0.111. The van der Waals surface area contributed by atoms with Crippen molar-refractivity contribution in [3.05, 3.63) is 40.4 Å². The first-order valence-electron chi connectivity index (χ1n) is 5.97. The summed E-state index contributed by atoms with van der Waals surface area (Å²) in [6.07, 6.45) is 4.47. The predicted octanol–water partition coefficient (Wildman–Crippen LogP) is 2.74. The molecule has 0 saturated carbocycles. The van der Waals surface area contributed by atoms with Crippen LogP contribution < -0.4 is 5.32 Å². The van der Waals surface area contributed by atoms with E-state index in [1.54, 1.807) is 13.0 Å². The molecule has 1 rings (SSSR count). The van der Waals surface area contributed by atoms with Crippen LogP contribution in [0.15, 0.2) is 34.8 Å². The van der Waals surface area contributed by atoms with E-state index in [2.05, 4.69) is 21.2 Å². The molecule has 0 spiro atoms.